The van der Waals surface area contributed by atoms with E-state index in [4.69, 9.17) is 4.43 Å². The maximum Gasteiger partial charge on any atom is 0.331 e. The molecule has 1 N–H and O–H groups in total. The molecule has 0 aromatic heterocycles. The lowest BCUT2D eigenvalue weighted by Gasteiger charge is -2.36. The summed E-state index contributed by atoms with van der Waals surface area (Å²) in [6.45, 7) is 10.6. The summed E-state index contributed by atoms with van der Waals surface area (Å²) >= 11 is 0.939. The summed E-state index contributed by atoms with van der Waals surface area (Å²) in [6.07, 6.45) is 2.31. The summed E-state index contributed by atoms with van der Waals surface area (Å²) in [5.41, 5.74) is 0.213. The molecule has 1 saturated heterocycles. The number of amidine groups is 1. The molecule has 1 fully saturated rings. The third-order valence-corrected chi connectivity index (χ3v) is 9.85. The van der Waals surface area contributed by atoms with Crippen LogP contribution >= 0.6 is 11.8 Å². The van der Waals surface area contributed by atoms with Crippen LogP contribution in [0, 0.1) is 5.82 Å². The van der Waals surface area contributed by atoms with Gasteiger partial charge in [0, 0.05) is 11.6 Å². The SMILES string of the molecule is COC(=O)/C=C1/S/C(=N\N=Cc2cc(O[Si](C)(C)C(C)(C)C)ccc2F)NC1=O. The third-order valence-electron chi connectivity index (χ3n) is 4.59. The van der Waals surface area contributed by atoms with E-state index in [0.29, 0.717) is 5.75 Å². The van der Waals surface area contributed by atoms with Crippen molar-refractivity contribution in [3.8, 4) is 5.75 Å². The van der Waals surface area contributed by atoms with Crippen LogP contribution in [0.15, 0.2) is 39.4 Å². The molecular weight excluding hydrogens is 413 g/mol. The first-order chi connectivity index (χ1) is 13.4. The lowest BCUT2D eigenvalue weighted by Crippen LogP contribution is -2.43. The second kappa shape index (κ2) is 8.91. The molecule has 1 aliphatic heterocycles. The van der Waals surface area contributed by atoms with Gasteiger partial charge in [-0.15, -0.1) is 5.10 Å². The van der Waals surface area contributed by atoms with Crippen molar-refractivity contribution in [2.45, 2.75) is 38.9 Å². The van der Waals surface area contributed by atoms with E-state index in [1.807, 2.05) is 0 Å². The molecule has 0 atom stereocenters. The lowest BCUT2D eigenvalue weighted by molar-refractivity contribution is -0.135. The minimum Gasteiger partial charge on any atom is -0.543 e. The molecule has 0 unspecified atom stereocenters. The van der Waals surface area contributed by atoms with Gasteiger partial charge in [-0.05, 0) is 48.1 Å². The largest absolute Gasteiger partial charge is 0.543 e. The van der Waals surface area contributed by atoms with Gasteiger partial charge in [0.25, 0.3) is 5.91 Å². The van der Waals surface area contributed by atoms with Crippen LogP contribution in [0.25, 0.3) is 0 Å². The van der Waals surface area contributed by atoms with E-state index in [-0.39, 0.29) is 20.7 Å². The zero-order valence-corrected chi connectivity index (χ0v) is 19.0. The Morgan fingerprint density at radius 1 is 1.31 bits per heavy atom. The summed E-state index contributed by atoms with van der Waals surface area (Å²) in [4.78, 5) is 23.1. The van der Waals surface area contributed by atoms with Gasteiger partial charge in [0.15, 0.2) is 5.17 Å². The van der Waals surface area contributed by atoms with Gasteiger partial charge in [-0.3, -0.25) is 10.1 Å². The number of halogens is 1. The first-order valence-corrected chi connectivity index (χ1v) is 12.5. The Morgan fingerprint density at radius 3 is 2.62 bits per heavy atom. The van der Waals surface area contributed by atoms with Crippen LogP contribution in [0.4, 0.5) is 4.39 Å². The minimum atomic E-state index is -2.06. The zero-order chi connectivity index (χ0) is 21.8. The second-order valence-corrected chi connectivity index (χ2v) is 13.5. The van der Waals surface area contributed by atoms with Crippen molar-refractivity contribution in [3.63, 3.8) is 0 Å². The molecule has 1 aromatic rings. The van der Waals surface area contributed by atoms with Crippen LogP contribution < -0.4 is 9.74 Å². The molecule has 0 saturated carbocycles. The van der Waals surface area contributed by atoms with Crippen molar-refractivity contribution in [3.05, 3.63) is 40.6 Å². The second-order valence-electron chi connectivity index (χ2n) is 7.78. The van der Waals surface area contributed by atoms with Gasteiger partial charge in [-0.1, -0.05) is 20.8 Å². The van der Waals surface area contributed by atoms with Gasteiger partial charge in [-0.25, -0.2) is 9.18 Å². The van der Waals surface area contributed by atoms with Crippen LogP contribution in [-0.4, -0.2) is 38.7 Å². The van der Waals surface area contributed by atoms with Gasteiger partial charge < -0.3 is 9.16 Å². The van der Waals surface area contributed by atoms with E-state index in [1.54, 1.807) is 12.1 Å². The van der Waals surface area contributed by atoms with Crippen molar-refractivity contribution in [2.75, 3.05) is 7.11 Å². The Labute approximate surface area is 174 Å². The molecule has 156 valence electrons. The van der Waals surface area contributed by atoms with E-state index in [2.05, 4.69) is 54.1 Å². The number of ether oxygens (including phenoxy) is 1. The summed E-state index contributed by atoms with van der Waals surface area (Å²) in [5.74, 6) is -1.02. The fourth-order valence-electron chi connectivity index (χ4n) is 1.92. The monoisotopic (exact) mass is 437 g/mol. The van der Waals surface area contributed by atoms with Crippen LogP contribution in [0.3, 0.4) is 0 Å². The van der Waals surface area contributed by atoms with Crippen molar-refractivity contribution in [1.82, 2.24) is 5.32 Å². The van der Waals surface area contributed by atoms with E-state index in [9.17, 15) is 14.0 Å². The van der Waals surface area contributed by atoms with Crippen molar-refractivity contribution in [2.24, 2.45) is 10.2 Å². The number of amides is 1. The molecule has 1 heterocycles. The number of nitrogens with one attached hydrogen (secondary N) is 1. The van der Waals surface area contributed by atoms with E-state index < -0.39 is 26.0 Å². The number of methoxy groups -OCH3 is 1. The number of benzene rings is 1. The maximum atomic E-state index is 14.1. The fourth-order valence-corrected chi connectivity index (χ4v) is 3.68. The lowest BCUT2D eigenvalue weighted by atomic mass is 10.2. The molecule has 2 rings (SSSR count). The quantitative estimate of drug-likeness (QED) is 0.249. The molecule has 1 aromatic carbocycles. The number of carbonyl (C=O) groups is 2. The minimum absolute atomic E-state index is 0.00887. The molecule has 10 heteroatoms. The maximum absolute atomic E-state index is 14.1. The molecule has 0 aliphatic carbocycles. The highest BCUT2D eigenvalue weighted by Gasteiger charge is 2.39. The summed E-state index contributed by atoms with van der Waals surface area (Å²) in [6, 6.07) is 4.48. The van der Waals surface area contributed by atoms with Crippen LogP contribution in [-0.2, 0) is 14.3 Å². The predicted octanol–water partition coefficient (Wildman–Crippen LogP) is 3.82. The molecule has 0 spiro atoms. The average molecular weight is 438 g/mol. The number of esters is 1. The molecule has 1 aliphatic rings. The van der Waals surface area contributed by atoms with E-state index >= 15 is 0 Å². The number of rotatable bonds is 5. The zero-order valence-electron chi connectivity index (χ0n) is 17.2. The average Bonchev–Trinajstić information content (AvgIpc) is 2.95. The summed E-state index contributed by atoms with van der Waals surface area (Å²) in [7, 11) is -0.844. The van der Waals surface area contributed by atoms with Crippen molar-refractivity contribution >= 4 is 43.3 Å². The van der Waals surface area contributed by atoms with Gasteiger partial charge in [0.2, 0.25) is 8.32 Å². The third kappa shape index (κ3) is 6.01. The Bertz CT molecular complexity index is 907. The molecule has 0 radical (unpaired) electrons. The Kier molecular flexibility index (Phi) is 7.01. The van der Waals surface area contributed by atoms with Gasteiger partial charge in [0.1, 0.15) is 11.6 Å². The van der Waals surface area contributed by atoms with E-state index in [0.717, 1.165) is 17.8 Å². The Hall–Kier alpha value is -2.46. The first kappa shape index (κ1) is 22.8. The number of hydrogen-bond donors (Lipinski definition) is 1. The van der Waals surface area contributed by atoms with E-state index in [1.165, 1.54) is 19.4 Å². The topological polar surface area (TPSA) is 89.3 Å². The summed E-state index contributed by atoms with van der Waals surface area (Å²) in [5, 5.41) is 10.4. The highest BCUT2D eigenvalue weighted by molar-refractivity contribution is 8.18. The molecular formula is C19H24FN3O4SSi. The smallest absolute Gasteiger partial charge is 0.331 e. The summed E-state index contributed by atoms with van der Waals surface area (Å²) < 4.78 is 24.8. The fraction of sp³-hybridized carbons (Fsp3) is 0.368. The van der Waals surface area contributed by atoms with Crippen LogP contribution in [0.2, 0.25) is 18.1 Å². The van der Waals surface area contributed by atoms with Crippen molar-refractivity contribution in [1.29, 1.82) is 0 Å². The van der Waals surface area contributed by atoms with Gasteiger partial charge >= 0.3 is 5.97 Å². The van der Waals surface area contributed by atoms with Gasteiger partial charge in [0.05, 0.1) is 18.2 Å². The first-order valence-electron chi connectivity index (χ1n) is 8.81. The van der Waals surface area contributed by atoms with Crippen LogP contribution in [0.5, 0.6) is 5.75 Å². The Morgan fingerprint density at radius 2 is 2.00 bits per heavy atom. The highest BCUT2D eigenvalue weighted by atomic mass is 32.2. The highest BCUT2D eigenvalue weighted by Crippen LogP contribution is 2.37. The predicted molar refractivity (Wildman–Crippen MR) is 115 cm³/mol. The molecule has 1 amide bonds. The molecule has 7 nitrogen and oxygen atoms in total. The van der Waals surface area contributed by atoms with Gasteiger partial charge in [-0.2, -0.15) is 5.10 Å². The number of thioether (sulfide) groups is 1. The normalized spacial score (nSPS) is 17.8. The van der Waals surface area contributed by atoms with Crippen molar-refractivity contribution < 1.29 is 23.1 Å². The number of hydrogen-bond acceptors (Lipinski definition) is 7. The number of nitrogens with zero attached hydrogens (tertiary/aromatic N) is 2. The molecule has 0 bridgehead atoms. The Balaban J connectivity index is 2.15. The molecule has 29 heavy (non-hydrogen) atoms. The van der Waals surface area contributed by atoms with Crippen LogP contribution in [0.1, 0.15) is 26.3 Å². The standard InChI is InChI=1S/C19H24FN3O4SSi/c1-19(2,3)29(5,6)27-13-7-8-14(20)12(9-13)11-21-23-18-22-17(25)15(28-18)10-16(24)26-4/h7-11H,1-6H3,(H,22,23,25)/b15-10+,21-11?. The number of carbonyl (C=O) groups excluding carboxylic acids is 2.